The number of fused-ring (bicyclic) bond motifs is 1. The lowest BCUT2D eigenvalue weighted by atomic mass is 10.3. The molecule has 0 unspecified atom stereocenters. The van der Waals surface area contributed by atoms with E-state index in [1.54, 1.807) is 0 Å². The second-order valence-electron chi connectivity index (χ2n) is 4.10. The van der Waals surface area contributed by atoms with Crippen molar-refractivity contribution in [2.75, 3.05) is 0 Å². The van der Waals surface area contributed by atoms with E-state index in [4.69, 9.17) is 18.0 Å². The van der Waals surface area contributed by atoms with Crippen molar-refractivity contribution in [3.8, 4) is 0 Å². The summed E-state index contributed by atoms with van der Waals surface area (Å²) in [5, 5.41) is 0. The van der Waals surface area contributed by atoms with Crippen molar-refractivity contribution >= 4 is 28.4 Å². The molecule has 2 rings (SSSR count). The summed E-state index contributed by atoms with van der Waals surface area (Å²) in [6.45, 7) is 4.86. The molecule has 0 atom stereocenters. The predicted molar refractivity (Wildman–Crippen MR) is 73.0 cm³/mol. The molecule has 2 aromatic rings. The molecule has 4 nitrogen and oxygen atoms in total. The largest absolute Gasteiger partial charge is 0.393 e. The van der Waals surface area contributed by atoms with Crippen molar-refractivity contribution in [3.63, 3.8) is 0 Å². The Morgan fingerprint density at radius 1 is 1.53 bits per heavy atom. The second kappa shape index (κ2) is 4.79. The maximum absolute atomic E-state index is 5.55. The Hall–Kier alpha value is -1.49. The summed E-state index contributed by atoms with van der Waals surface area (Å²) in [5.41, 5.74) is 8.54. The average molecular weight is 248 g/mol. The van der Waals surface area contributed by atoms with Crippen LogP contribution < -0.4 is 5.73 Å². The van der Waals surface area contributed by atoms with Gasteiger partial charge in [-0.25, -0.2) is 9.97 Å². The molecule has 0 aliphatic carbocycles. The number of nitrogens with zero attached hydrogens (tertiary/aromatic N) is 3. The van der Waals surface area contributed by atoms with Crippen LogP contribution >= 0.6 is 12.2 Å². The third-order valence-electron chi connectivity index (χ3n) is 2.70. The van der Waals surface area contributed by atoms with Gasteiger partial charge in [-0.3, -0.25) is 0 Å². The van der Waals surface area contributed by atoms with Gasteiger partial charge in [-0.05, 0) is 18.6 Å². The Balaban J connectivity index is 2.47. The fourth-order valence-corrected chi connectivity index (χ4v) is 1.98. The molecular weight excluding hydrogens is 232 g/mol. The van der Waals surface area contributed by atoms with E-state index in [2.05, 4.69) is 27.5 Å². The molecule has 5 heteroatoms. The van der Waals surface area contributed by atoms with Gasteiger partial charge in [0.2, 0.25) is 0 Å². The number of rotatable bonds is 4. The van der Waals surface area contributed by atoms with Gasteiger partial charge in [0, 0.05) is 25.6 Å². The van der Waals surface area contributed by atoms with E-state index >= 15 is 0 Å². The van der Waals surface area contributed by atoms with Crippen LogP contribution in [0.2, 0.25) is 0 Å². The molecule has 0 amide bonds. The smallest absolute Gasteiger partial charge is 0.160 e. The summed E-state index contributed by atoms with van der Waals surface area (Å²) >= 11 is 4.92. The van der Waals surface area contributed by atoms with Crippen LogP contribution in [-0.4, -0.2) is 19.5 Å². The van der Waals surface area contributed by atoms with Crippen molar-refractivity contribution in [2.24, 2.45) is 5.73 Å². The number of pyridine rings is 1. The number of hydrogen-bond donors (Lipinski definition) is 1. The summed E-state index contributed by atoms with van der Waals surface area (Å²) in [6.07, 6.45) is 3.43. The van der Waals surface area contributed by atoms with E-state index in [0.29, 0.717) is 11.4 Å². The molecule has 0 radical (unpaired) electrons. The molecule has 0 bridgehead atoms. The minimum absolute atomic E-state index is 0.529. The standard InChI is InChI=1S/C12H16N4S/c1-3-11-15-9-6-8(2)7-14-12(9)16(11)5-4-10(13)17/h6-7H,3-5H2,1-2H3,(H2,13,17). The Labute approximate surface area is 106 Å². The lowest BCUT2D eigenvalue weighted by Gasteiger charge is -2.06. The van der Waals surface area contributed by atoms with Crippen molar-refractivity contribution in [3.05, 3.63) is 23.7 Å². The van der Waals surface area contributed by atoms with Crippen molar-refractivity contribution in [1.82, 2.24) is 14.5 Å². The highest BCUT2D eigenvalue weighted by atomic mass is 32.1. The monoisotopic (exact) mass is 248 g/mol. The van der Waals surface area contributed by atoms with Crippen LogP contribution in [-0.2, 0) is 13.0 Å². The number of imidazole rings is 1. The topological polar surface area (TPSA) is 56.7 Å². The number of hydrogen-bond acceptors (Lipinski definition) is 3. The van der Waals surface area contributed by atoms with E-state index in [9.17, 15) is 0 Å². The third-order valence-corrected chi connectivity index (χ3v) is 2.90. The summed E-state index contributed by atoms with van der Waals surface area (Å²) in [6, 6.07) is 2.05. The quantitative estimate of drug-likeness (QED) is 0.841. The molecule has 0 aliphatic heterocycles. The molecule has 0 aromatic carbocycles. The molecule has 2 N–H and O–H groups in total. The Morgan fingerprint density at radius 2 is 2.29 bits per heavy atom. The molecule has 90 valence electrons. The highest BCUT2D eigenvalue weighted by molar-refractivity contribution is 7.80. The molecule has 2 heterocycles. The van der Waals surface area contributed by atoms with Crippen LogP contribution in [0, 0.1) is 6.92 Å². The summed E-state index contributed by atoms with van der Waals surface area (Å²) in [7, 11) is 0. The van der Waals surface area contributed by atoms with Gasteiger partial charge in [0.25, 0.3) is 0 Å². The number of aryl methyl sites for hydroxylation is 3. The van der Waals surface area contributed by atoms with E-state index in [-0.39, 0.29) is 0 Å². The first kappa shape index (κ1) is 12.0. The van der Waals surface area contributed by atoms with Crippen molar-refractivity contribution in [1.29, 1.82) is 0 Å². The maximum atomic E-state index is 5.55. The van der Waals surface area contributed by atoms with Gasteiger partial charge in [0.05, 0.1) is 4.99 Å². The van der Waals surface area contributed by atoms with Gasteiger partial charge in [-0.15, -0.1) is 0 Å². The lowest BCUT2D eigenvalue weighted by molar-refractivity contribution is 0.692. The van der Waals surface area contributed by atoms with Crippen molar-refractivity contribution < 1.29 is 0 Å². The van der Waals surface area contributed by atoms with E-state index < -0.39 is 0 Å². The summed E-state index contributed by atoms with van der Waals surface area (Å²) in [4.78, 5) is 9.56. The van der Waals surface area contributed by atoms with Crippen LogP contribution in [0.15, 0.2) is 12.3 Å². The van der Waals surface area contributed by atoms with Crippen molar-refractivity contribution in [2.45, 2.75) is 33.2 Å². The minimum Gasteiger partial charge on any atom is -0.393 e. The zero-order valence-electron chi connectivity index (χ0n) is 10.1. The average Bonchev–Trinajstić information content (AvgIpc) is 2.63. The fourth-order valence-electron chi connectivity index (χ4n) is 1.89. The molecule has 0 aliphatic rings. The maximum Gasteiger partial charge on any atom is 0.160 e. The van der Waals surface area contributed by atoms with Crippen LogP contribution in [0.4, 0.5) is 0 Å². The normalized spacial score (nSPS) is 10.9. The molecule has 0 saturated carbocycles. The highest BCUT2D eigenvalue weighted by Gasteiger charge is 2.10. The first-order valence-electron chi connectivity index (χ1n) is 5.72. The molecule has 17 heavy (non-hydrogen) atoms. The SMILES string of the molecule is CCc1nc2cc(C)cnc2n1CCC(N)=S. The first-order chi connectivity index (χ1) is 8.11. The van der Waals surface area contributed by atoms with Gasteiger partial charge in [-0.2, -0.15) is 0 Å². The molecule has 0 spiro atoms. The summed E-state index contributed by atoms with van der Waals surface area (Å²) < 4.78 is 2.11. The molecule has 0 saturated heterocycles. The number of nitrogens with two attached hydrogens (primary N) is 1. The second-order valence-corrected chi connectivity index (χ2v) is 4.63. The zero-order chi connectivity index (χ0) is 12.4. The first-order valence-corrected chi connectivity index (χ1v) is 6.12. The molecular formula is C12H16N4S. The van der Waals surface area contributed by atoms with Crippen LogP contribution in [0.5, 0.6) is 0 Å². The highest BCUT2D eigenvalue weighted by Crippen LogP contribution is 2.16. The predicted octanol–water partition coefficient (Wildman–Crippen LogP) is 1.98. The Bertz CT molecular complexity index is 559. The van der Waals surface area contributed by atoms with E-state index in [1.165, 1.54) is 0 Å². The third kappa shape index (κ3) is 2.44. The zero-order valence-corrected chi connectivity index (χ0v) is 10.9. The Morgan fingerprint density at radius 3 is 2.94 bits per heavy atom. The van der Waals surface area contributed by atoms with Gasteiger partial charge >= 0.3 is 0 Å². The summed E-state index contributed by atoms with van der Waals surface area (Å²) in [5.74, 6) is 1.04. The van der Waals surface area contributed by atoms with Gasteiger partial charge in [0.15, 0.2) is 5.65 Å². The fraction of sp³-hybridized carbons (Fsp3) is 0.417. The number of aromatic nitrogens is 3. The Kier molecular flexibility index (Phi) is 3.38. The molecule has 0 fully saturated rings. The number of thiocarbonyl (C=S) groups is 1. The van der Waals surface area contributed by atoms with E-state index in [1.807, 2.05) is 13.1 Å². The van der Waals surface area contributed by atoms with Gasteiger partial charge in [-0.1, -0.05) is 19.1 Å². The van der Waals surface area contributed by atoms with E-state index in [0.717, 1.165) is 35.5 Å². The van der Waals surface area contributed by atoms with Crippen LogP contribution in [0.3, 0.4) is 0 Å². The molecule has 2 aromatic heterocycles. The van der Waals surface area contributed by atoms with Gasteiger partial charge in [0.1, 0.15) is 11.3 Å². The lowest BCUT2D eigenvalue weighted by Crippen LogP contribution is -2.13. The minimum atomic E-state index is 0.529. The van der Waals surface area contributed by atoms with Gasteiger partial charge < -0.3 is 10.3 Å². The van der Waals surface area contributed by atoms with Crippen LogP contribution in [0.25, 0.3) is 11.2 Å². The van der Waals surface area contributed by atoms with Crippen LogP contribution in [0.1, 0.15) is 24.7 Å².